The fourth-order valence-electron chi connectivity index (χ4n) is 3.34. The van der Waals surface area contributed by atoms with Crippen LogP contribution in [0.2, 0.25) is 0 Å². The Kier molecular flexibility index (Phi) is 4.13. The molecule has 0 amide bonds. The third-order valence-corrected chi connectivity index (χ3v) is 5.03. The van der Waals surface area contributed by atoms with Crippen LogP contribution in [-0.2, 0) is 6.42 Å². The minimum Gasteiger partial charge on any atom is -0.488 e. The molecule has 0 bridgehead atoms. The van der Waals surface area contributed by atoms with Gasteiger partial charge in [-0.3, -0.25) is 0 Å². The van der Waals surface area contributed by atoms with E-state index in [2.05, 4.69) is 46.4 Å². The second-order valence-electron chi connectivity index (χ2n) is 5.94. The van der Waals surface area contributed by atoms with E-state index in [-0.39, 0.29) is 0 Å². The molecule has 0 radical (unpaired) electrons. The largest absolute Gasteiger partial charge is 0.488 e. The van der Waals surface area contributed by atoms with Crippen LogP contribution >= 0.6 is 15.9 Å². The van der Waals surface area contributed by atoms with Crippen molar-refractivity contribution >= 4 is 15.9 Å². The van der Waals surface area contributed by atoms with Gasteiger partial charge < -0.3 is 10.1 Å². The van der Waals surface area contributed by atoms with Crippen LogP contribution in [0.4, 0.5) is 0 Å². The number of fused-ring (bicyclic) bond motifs is 1. The van der Waals surface area contributed by atoms with Crippen molar-refractivity contribution in [2.45, 2.75) is 51.2 Å². The Morgan fingerprint density at radius 2 is 2.16 bits per heavy atom. The summed E-state index contributed by atoms with van der Waals surface area (Å²) in [6.07, 6.45) is 6.94. The van der Waals surface area contributed by atoms with E-state index in [0.29, 0.717) is 12.1 Å². The molecule has 1 aromatic rings. The molecule has 0 spiro atoms. The van der Waals surface area contributed by atoms with Crippen LogP contribution < -0.4 is 10.1 Å². The maximum absolute atomic E-state index is 5.99. The van der Waals surface area contributed by atoms with Gasteiger partial charge in [0.2, 0.25) is 0 Å². The summed E-state index contributed by atoms with van der Waals surface area (Å²) in [6.45, 7) is 3.29. The first-order valence-electron chi connectivity index (χ1n) is 7.41. The van der Waals surface area contributed by atoms with Crippen molar-refractivity contribution in [2.24, 2.45) is 5.92 Å². The van der Waals surface area contributed by atoms with E-state index in [4.69, 9.17) is 4.74 Å². The second kappa shape index (κ2) is 5.84. The van der Waals surface area contributed by atoms with Gasteiger partial charge in [0, 0.05) is 23.5 Å². The van der Waals surface area contributed by atoms with Crippen molar-refractivity contribution in [1.29, 1.82) is 0 Å². The Labute approximate surface area is 124 Å². The van der Waals surface area contributed by atoms with Crippen LogP contribution in [0.3, 0.4) is 0 Å². The number of nitrogens with one attached hydrogen (secondary N) is 1. The molecule has 19 heavy (non-hydrogen) atoms. The monoisotopic (exact) mass is 323 g/mol. The lowest BCUT2D eigenvalue weighted by Crippen LogP contribution is -2.39. The van der Waals surface area contributed by atoms with Crippen molar-refractivity contribution in [2.75, 3.05) is 6.54 Å². The van der Waals surface area contributed by atoms with Gasteiger partial charge in [-0.25, -0.2) is 0 Å². The number of halogens is 1. The number of hydrogen-bond donors (Lipinski definition) is 1. The molecule has 104 valence electrons. The van der Waals surface area contributed by atoms with E-state index < -0.39 is 0 Å². The van der Waals surface area contributed by atoms with E-state index in [1.807, 2.05) is 0 Å². The lowest BCUT2D eigenvalue weighted by molar-refractivity contribution is 0.214. The molecule has 2 unspecified atom stereocenters. The minimum atomic E-state index is 0.299. The second-order valence-corrected chi connectivity index (χ2v) is 6.85. The molecule has 1 heterocycles. The molecular formula is C16H22BrNO. The predicted octanol–water partition coefficient (Wildman–Crippen LogP) is 3.92. The average molecular weight is 324 g/mol. The Bertz CT molecular complexity index is 442. The van der Waals surface area contributed by atoms with Gasteiger partial charge in [0.15, 0.2) is 0 Å². The van der Waals surface area contributed by atoms with Crippen LogP contribution in [-0.4, -0.2) is 18.7 Å². The summed E-state index contributed by atoms with van der Waals surface area (Å²) in [4.78, 5) is 0. The van der Waals surface area contributed by atoms with Gasteiger partial charge in [0.25, 0.3) is 0 Å². The molecule has 1 aliphatic carbocycles. The van der Waals surface area contributed by atoms with Gasteiger partial charge in [0.05, 0.1) is 0 Å². The van der Waals surface area contributed by atoms with Gasteiger partial charge in [-0.15, -0.1) is 0 Å². The maximum Gasteiger partial charge on any atom is 0.123 e. The maximum atomic E-state index is 5.99. The highest BCUT2D eigenvalue weighted by Gasteiger charge is 2.25. The minimum absolute atomic E-state index is 0.299. The van der Waals surface area contributed by atoms with Crippen LogP contribution in [0.1, 0.15) is 38.2 Å². The molecule has 3 rings (SSSR count). The zero-order valence-electron chi connectivity index (χ0n) is 11.5. The fraction of sp³-hybridized carbons (Fsp3) is 0.625. The topological polar surface area (TPSA) is 21.3 Å². The van der Waals surface area contributed by atoms with Gasteiger partial charge >= 0.3 is 0 Å². The zero-order chi connectivity index (χ0) is 13.2. The highest BCUT2D eigenvalue weighted by atomic mass is 79.9. The Morgan fingerprint density at radius 1 is 1.37 bits per heavy atom. The Morgan fingerprint density at radius 3 is 2.95 bits per heavy atom. The molecule has 1 fully saturated rings. The lowest BCUT2D eigenvalue weighted by Gasteiger charge is -2.22. The first kappa shape index (κ1) is 13.4. The van der Waals surface area contributed by atoms with E-state index in [0.717, 1.165) is 29.1 Å². The first-order valence-corrected chi connectivity index (χ1v) is 8.20. The summed E-state index contributed by atoms with van der Waals surface area (Å²) >= 11 is 3.52. The summed E-state index contributed by atoms with van der Waals surface area (Å²) in [5.74, 6) is 1.93. The summed E-state index contributed by atoms with van der Waals surface area (Å²) in [7, 11) is 0. The van der Waals surface area contributed by atoms with Crippen LogP contribution in [0, 0.1) is 5.92 Å². The van der Waals surface area contributed by atoms with Gasteiger partial charge in [-0.1, -0.05) is 28.8 Å². The fourth-order valence-corrected chi connectivity index (χ4v) is 3.75. The van der Waals surface area contributed by atoms with Crippen LogP contribution in [0.25, 0.3) is 0 Å². The van der Waals surface area contributed by atoms with Crippen molar-refractivity contribution in [1.82, 2.24) is 5.32 Å². The molecule has 1 saturated carbocycles. The first-order chi connectivity index (χ1) is 9.22. The third kappa shape index (κ3) is 3.14. The molecule has 1 aliphatic heterocycles. The molecule has 2 nitrogen and oxygen atoms in total. The van der Waals surface area contributed by atoms with Crippen molar-refractivity contribution in [3.8, 4) is 5.75 Å². The van der Waals surface area contributed by atoms with Crippen molar-refractivity contribution in [3.63, 3.8) is 0 Å². The average Bonchev–Trinajstić information content (AvgIpc) is 3.04. The van der Waals surface area contributed by atoms with Crippen LogP contribution in [0.5, 0.6) is 5.75 Å². The number of benzene rings is 1. The van der Waals surface area contributed by atoms with Gasteiger partial charge in [-0.2, -0.15) is 0 Å². The van der Waals surface area contributed by atoms with Gasteiger partial charge in [-0.05, 0) is 49.4 Å². The molecule has 2 aliphatic rings. The normalized spacial score (nSPS) is 24.2. The number of rotatable bonds is 4. The number of ether oxygens (including phenoxy) is 1. The highest BCUT2D eigenvalue weighted by molar-refractivity contribution is 9.10. The summed E-state index contributed by atoms with van der Waals surface area (Å²) in [5.41, 5.74) is 1.33. The smallest absolute Gasteiger partial charge is 0.123 e. The quantitative estimate of drug-likeness (QED) is 0.906. The molecule has 0 aromatic heterocycles. The predicted molar refractivity (Wildman–Crippen MR) is 81.7 cm³/mol. The third-order valence-electron chi connectivity index (χ3n) is 4.54. The van der Waals surface area contributed by atoms with E-state index >= 15 is 0 Å². The van der Waals surface area contributed by atoms with E-state index in [9.17, 15) is 0 Å². The SMILES string of the molecule is CC(NCC1Cc2cc(Br)ccc2O1)C1CCCC1. The van der Waals surface area contributed by atoms with Crippen molar-refractivity contribution in [3.05, 3.63) is 28.2 Å². The summed E-state index contributed by atoms with van der Waals surface area (Å²) in [5, 5.41) is 3.68. The molecule has 1 aromatic carbocycles. The van der Waals surface area contributed by atoms with Gasteiger partial charge in [0.1, 0.15) is 11.9 Å². The molecule has 3 heteroatoms. The van der Waals surface area contributed by atoms with Crippen LogP contribution in [0.15, 0.2) is 22.7 Å². The van der Waals surface area contributed by atoms with Crippen molar-refractivity contribution < 1.29 is 4.74 Å². The lowest BCUT2D eigenvalue weighted by atomic mass is 9.99. The summed E-state index contributed by atoms with van der Waals surface area (Å²) < 4.78 is 7.13. The molecular weight excluding hydrogens is 302 g/mol. The van der Waals surface area contributed by atoms with E-state index in [1.165, 1.54) is 31.2 Å². The van der Waals surface area contributed by atoms with E-state index in [1.54, 1.807) is 0 Å². The molecule has 1 N–H and O–H groups in total. The zero-order valence-corrected chi connectivity index (χ0v) is 13.1. The highest BCUT2D eigenvalue weighted by Crippen LogP contribution is 2.31. The summed E-state index contributed by atoms with van der Waals surface area (Å²) in [6, 6.07) is 6.92. The number of hydrogen-bond acceptors (Lipinski definition) is 2. The molecule has 2 atom stereocenters. The standard InChI is InChI=1S/C16H22BrNO/c1-11(12-4-2-3-5-12)18-10-15-9-13-8-14(17)6-7-16(13)19-15/h6-8,11-12,15,18H,2-5,9-10H2,1H3. The Hall–Kier alpha value is -0.540. The molecule has 0 saturated heterocycles. The Balaban J connectivity index is 1.50.